The number of hydrogen-bond donors (Lipinski definition) is 4. The first-order chi connectivity index (χ1) is 12.6. The molecule has 0 aliphatic heterocycles. The molecule has 5 N–H and O–H groups in total. The predicted molar refractivity (Wildman–Crippen MR) is 102 cm³/mol. The number of rotatable bonds is 9. The lowest BCUT2D eigenvalue weighted by Gasteiger charge is -2.23. The maximum absolute atomic E-state index is 12.4. The normalized spacial score (nSPS) is 14.2. The molecule has 0 spiro atoms. The van der Waals surface area contributed by atoms with Crippen LogP contribution in [0.2, 0.25) is 0 Å². The van der Waals surface area contributed by atoms with Crippen LogP contribution < -0.4 is 16.4 Å². The van der Waals surface area contributed by atoms with Crippen molar-refractivity contribution in [1.82, 2.24) is 15.5 Å². The van der Waals surface area contributed by atoms with Crippen molar-refractivity contribution in [2.24, 2.45) is 11.7 Å². The molecule has 0 bridgehead atoms. The second kappa shape index (κ2) is 10.6. The van der Waals surface area contributed by atoms with Crippen LogP contribution in [0, 0.1) is 5.92 Å². The minimum atomic E-state index is -1.39. The summed E-state index contributed by atoms with van der Waals surface area (Å²) in [4.78, 5) is 38.0. The Morgan fingerprint density at radius 1 is 1.15 bits per heavy atom. The van der Waals surface area contributed by atoms with Gasteiger partial charge in [-0.05, 0) is 17.9 Å². The van der Waals surface area contributed by atoms with Crippen LogP contribution in [-0.4, -0.2) is 60.5 Å². The van der Waals surface area contributed by atoms with Crippen molar-refractivity contribution in [3.05, 3.63) is 35.9 Å². The van der Waals surface area contributed by atoms with Crippen molar-refractivity contribution in [3.8, 4) is 0 Å². The molecule has 0 aromatic heterocycles. The largest absolute Gasteiger partial charge is 0.382 e. The van der Waals surface area contributed by atoms with E-state index in [1.54, 1.807) is 38.4 Å². The number of aliphatic hydroxyl groups excluding tert-OH is 1. The molecule has 0 radical (unpaired) electrons. The third kappa shape index (κ3) is 7.36. The summed E-state index contributed by atoms with van der Waals surface area (Å²) in [5, 5.41) is 14.9. The zero-order valence-corrected chi connectivity index (χ0v) is 16.3. The van der Waals surface area contributed by atoms with Crippen molar-refractivity contribution in [2.75, 3.05) is 20.6 Å². The number of carbonyl (C=O) groups excluding carboxylic acids is 3. The van der Waals surface area contributed by atoms with E-state index in [1.165, 1.54) is 4.90 Å². The fourth-order valence-corrected chi connectivity index (χ4v) is 2.54. The highest BCUT2D eigenvalue weighted by Crippen LogP contribution is 2.14. The van der Waals surface area contributed by atoms with Gasteiger partial charge in [0, 0.05) is 20.1 Å². The highest BCUT2D eigenvalue weighted by Gasteiger charge is 2.26. The molecule has 8 heteroatoms. The highest BCUT2D eigenvalue weighted by atomic mass is 16.3. The Bertz CT molecular complexity index is 634. The number of amides is 3. The topological polar surface area (TPSA) is 125 Å². The van der Waals surface area contributed by atoms with E-state index in [0.717, 1.165) is 0 Å². The van der Waals surface area contributed by atoms with Gasteiger partial charge in [-0.3, -0.25) is 14.4 Å². The molecule has 0 saturated carbocycles. The molecule has 27 heavy (non-hydrogen) atoms. The van der Waals surface area contributed by atoms with Crippen LogP contribution in [0.5, 0.6) is 0 Å². The summed E-state index contributed by atoms with van der Waals surface area (Å²) in [6.45, 7) is 3.50. The number of likely N-dealkylation sites (N-methyl/N-ethyl adjacent to an activating group) is 1. The first kappa shape index (κ1) is 22.6. The Kier molecular flexibility index (Phi) is 8.90. The van der Waals surface area contributed by atoms with E-state index in [0.29, 0.717) is 12.0 Å². The summed E-state index contributed by atoms with van der Waals surface area (Å²) in [7, 11) is 3.19. The van der Waals surface area contributed by atoms with Gasteiger partial charge in [-0.15, -0.1) is 0 Å². The van der Waals surface area contributed by atoms with Gasteiger partial charge in [0.05, 0.1) is 6.54 Å². The monoisotopic (exact) mass is 378 g/mol. The fourth-order valence-electron chi connectivity index (χ4n) is 2.54. The standard InChI is InChI=1S/C19H30N4O4/c1-12(2)10-14(20)17(25)18(26)21-11-15(24)22-16(19(27)23(3)4)13-8-6-5-7-9-13/h5-9,12,14,16-17,25H,10-11,20H2,1-4H3,(H,21,26)(H,22,24)/t14-,16-,17?/m0/s1. The van der Waals surface area contributed by atoms with Gasteiger partial charge in [-0.2, -0.15) is 0 Å². The molecule has 150 valence electrons. The summed E-state index contributed by atoms with van der Waals surface area (Å²) >= 11 is 0. The summed E-state index contributed by atoms with van der Waals surface area (Å²) in [6, 6.07) is 7.25. The van der Waals surface area contributed by atoms with Crippen molar-refractivity contribution >= 4 is 17.7 Å². The molecule has 1 aromatic carbocycles. The van der Waals surface area contributed by atoms with E-state index >= 15 is 0 Å². The molecule has 3 atom stereocenters. The number of nitrogens with one attached hydrogen (secondary N) is 2. The summed E-state index contributed by atoms with van der Waals surface area (Å²) in [5.41, 5.74) is 6.43. The van der Waals surface area contributed by atoms with Gasteiger partial charge >= 0.3 is 0 Å². The summed E-state index contributed by atoms with van der Waals surface area (Å²) in [5.74, 6) is -1.32. The van der Waals surface area contributed by atoms with Crippen LogP contribution >= 0.6 is 0 Å². The maximum atomic E-state index is 12.4. The number of carbonyl (C=O) groups is 3. The van der Waals surface area contributed by atoms with Gasteiger partial charge in [-0.25, -0.2) is 0 Å². The summed E-state index contributed by atoms with van der Waals surface area (Å²) < 4.78 is 0. The Morgan fingerprint density at radius 2 is 1.74 bits per heavy atom. The average molecular weight is 378 g/mol. The molecular weight excluding hydrogens is 348 g/mol. The van der Waals surface area contributed by atoms with Crippen molar-refractivity contribution in [3.63, 3.8) is 0 Å². The molecule has 0 fully saturated rings. The number of benzene rings is 1. The van der Waals surface area contributed by atoms with Crippen LogP contribution in [0.1, 0.15) is 31.9 Å². The minimum Gasteiger partial charge on any atom is -0.382 e. The lowest BCUT2D eigenvalue weighted by molar-refractivity contribution is -0.135. The second-order valence-electron chi connectivity index (χ2n) is 7.10. The molecular formula is C19H30N4O4. The molecule has 8 nitrogen and oxygen atoms in total. The average Bonchev–Trinajstić information content (AvgIpc) is 2.62. The van der Waals surface area contributed by atoms with Crippen LogP contribution in [0.3, 0.4) is 0 Å². The molecule has 1 unspecified atom stereocenters. The smallest absolute Gasteiger partial charge is 0.250 e. The Balaban J connectivity index is 2.67. The summed E-state index contributed by atoms with van der Waals surface area (Å²) in [6.07, 6.45) is -0.915. The molecule has 3 amide bonds. The first-order valence-electron chi connectivity index (χ1n) is 8.90. The Hall–Kier alpha value is -2.45. The Morgan fingerprint density at radius 3 is 2.26 bits per heavy atom. The van der Waals surface area contributed by atoms with E-state index < -0.39 is 30.0 Å². The Labute approximate surface area is 160 Å². The second-order valence-corrected chi connectivity index (χ2v) is 7.10. The lowest BCUT2D eigenvalue weighted by Crippen LogP contribution is -2.50. The van der Waals surface area contributed by atoms with Crippen LogP contribution in [-0.2, 0) is 14.4 Å². The molecule has 0 aliphatic rings. The van der Waals surface area contributed by atoms with E-state index in [2.05, 4.69) is 10.6 Å². The van der Waals surface area contributed by atoms with E-state index in [1.807, 2.05) is 19.9 Å². The van der Waals surface area contributed by atoms with E-state index in [4.69, 9.17) is 5.73 Å². The van der Waals surface area contributed by atoms with Crippen LogP contribution in [0.15, 0.2) is 30.3 Å². The van der Waals surface area contributed by atoms with E-state index in [9.17, 15) is 19.5 Å². The van der Waals surface area contributed by atoms with Gasteiger partial charge in [0.2, 0.25) is 11.8 Å². The zero-order chi connectivity index (χ0) is 20.6. The van der Waals surface area contributed by atoms with Gasteiger partial charge in [-0.1, -0.05) is 44.2 Å². The SMILES string of the molecule is CC(C)C[C@H](N)C(O)C(=O)NCC(=O)N[C@H](C(=O)N(C)C)c1ccccc1. The molecule has 1 rings (SSSR count). The molecule has 0 aliphatic carbocycles. The molecule has 0 saturated heterocycles. The highest BCUT2D eigenvalue weighted by molar-refractivity contribution is 5.91. The van der Waals surface area contributed by atoms with Crippen LogP contribution in [0.4, 0.5) is 0 Å². The number of aliphatic hydroxyl groups is 1. The lowest BCUT2D eigenvalue weighted by atomic mass is 9.99. The number of nitrogens with zero attached hydrogens (tertiary/aromatic N) is 1. The van der Waals surface area contributed by atoms with Gasteiger partial charge in [0.15, 0.2) is 0 Å². The van der Waals surface area contributed by atoms with Gasteiger partial charge < -0.3 is 26.4 Å². The quantitative estimate of drug-likeness (QED) is 0.473. The third-order valence-corrected chi connectivity index (χ3v) is 3.97. The van der Waals surface area contributed by atoms with Gasteiger partial charge in [0.1, 0.15) is 12.1 Å². The minimum absolute atomic E-state index is 0.231. The fraction of sp³-hybridized carbons (Fsp3) is 0.526. The molecule has 1 aromatic rings. The number of hydrogen-bond acceptors (Lipinski definition) is 5. The predicted octanol–water partition coefficient (Wildman–Crippen LogP) is -0.217. The third-order valence-electron chi connectivity index (χ3n) is 3.97. The first-order valence-corrected chi connectivity index (χ1v) is 8.90. The maximum Gasteiger partial charge on any atom is 0.250 e. The molecule has 0 heterocycles. The van der Waals surface area contributed by atoms with Crippen molar-refractivity contribution < 1.29 is 19.5 Å². The van der Waals surface area contributed by atoms with E-state index in [-0.39, 0.29) is 18.4 Å². The van der Waals surface area contributed by atoms with Gasteiger partial charge in [0.25, 0.3) is 5.91 Å². The zero-order valence-electron chi connectivity index (χ0n) is 16.3. The van der Waals surface area contributed by atoms with Crippen molar-refractivity contribution in [2.45, 2.75) is 38.5 Å². The van der Waals surface area contributed by atoms with Crippen molar-refractivity contribution in [1.29, 1.82) is 0 Å². The van der Waals surface area contributed by atoms with Crippen LogP contribution in [0.25, 0.3) is 0 Å². The number of nitrogens with two attached hydrogens (primary N) is 1.